The summed E-state index contributed by atoms with van der Waals surface area (Å²) in [6.07, 6.45) is 4.83. The van der Waals surface area contributed by atoms with E-state index in [1.165, 1.54) is 12.1 Å². The summed E-state index contributed by atoms with van der Waals surface area (Å²) in [6.45, 7) is 6.08. The van der Waals surface area contributed by atoms with Crippen LogP contribution in [0.5, 0.6) is 0 Å². The number of nitrogens with one attached hydrogen (secondary N) is 1. The first-order valence-corrected chi connectivity index (χ1v) is 6.82. The Bertz CT molecular complexity index is 654. The second kappa shape index (κ2) is 6.34. The number of nitrogens with zero attached hydrogens (tertiary/aromatic N) is 4. The Morgan fingerprint density at radius 1 is 1.29 bits per heavy atom. The van der Waals surface area contributed by atoms with Gasteiger partial charge in [0.05, 0.1) is 6.04 Å². The first-order chi connectivity index (χ1) is 9.97. The zero-order valence-corrected chi connectivity index (χ0v) is 12.4. The highest BCUT2D eigenvalue weighted by molar-refractivity contribution is 5.76. The number of amides is 1. The van der Waals surface area contributed by atoms with Gasteiger partial charge in [-0.25, -0.2) is 0 Å². The maximum Gasteiger partial charge on any atom is 0.240 e. The molecule has 0 aliphatic carbocycles. The quantitative estimate of drug-likeness (QED) is 0.886. The summed E-state index contributed by atoms with van der Waals surface area (Å²) in [5, 5.41) is 10.8. The molecular formula is C14H19N5O2. The SMILES string of the molecule is CC(C)n1cnnc1[C@@H](C)NC(=O)Cn1ccc(=O)cc1. The molecule has 7 nitrogen and oxygen atoms in total. The first-order valence-electron chi connectivity index (χ1n) is 6.82. The molecular weight excluding hydrogens is 270 g/mol. The molecule has 0 fully saturated rings. The van der Waals surface area contributed by atoms with Gasteiger partial charge < -0.3 is 14.5 Å². The van der Waals surface area contributed by atoms with E-state index in [-0.39, 0.29) is 30.0 Å². The number of pyridine rings is 1. The standard InChI is InChI=1S/C14H19N5O2/c1-10(2)19-9-15-17-14(19)11(3)16-13(21)8-18-6-4-12(20)5-7-18/h4-7,9-11H,8H2,1-3H3,(H,16,21)/t11-/m1/s1. The van der Waals surface area contributed by atoms with Crippen LogP contribution in [0.15, 0.2) is 35.6 Å². The van der Waals surface area contributed by atoms with Gasteiger partial charge in [0.2, 0.25) is 5.91 Å². The van der Waals surface area contributed by atoms with Crippen molar-refractivity contribution in [1.82, 2.24) is 24.6 Å². The van der Waals surface area contributed by atoms with Crippen molar-refractivity contribution in [3.63, 3.8) is 0 Å². The van der Waals surface area contributed by atoms with Crippen LogP contribution < -0.4 is 10.7 Å². The molecule has 0 aliphatic rings. The molecule has 2 heterocycles. The second-order valence-corrected chi connectivity index (χ2v) is 5.19. The maximum absolute atomic E-state index is 12.0. The largest absolute Gasteiger partial charge is 0.345 e. The van der Waals surface area contributed by atoms with Crippen LogP contribution in [0.2, 0.25) is 0 Å². The zero-order chi connectivity index (χ0) is 15.4. The summed E-state index contributed by atoms with van der Waals surface area (Å²) in [7, 11) is 0. The lowest BCUT2D eigenvalue weighted by Gasteiger charge is -2.17. The summed E-state index contributed by atoms with van der Waals surface area (Å²) >= 11 is 0. The molecule has 112 valence electrons. The van der Waals surface area contributed by atoms with E-state index in [0.717, 1.165) is 5.82 Å². The molecule has 0 radical (unpaired) electrons. The third kappa shape index (κ3) is 3.77. The Morgan fingerprint density at radius 3 is 2.57 bits per heavy atom. The average Bonchev–Trinajstić information content (AvgIpc) is 2.91. The van der Waals surface area contributed by atoms with Crippen LogP contribution in [0.3, 0.4) is 0 Å². The van der Waals surface area contributed by atoms with Crippen LogP contribution in [0.1, 0.15) is 38.7 Å². The molecule has 7 heteroatoms. The van der Waals surface area contributed by atoms with E-state index in [4.69, 9.17) is 0 Å². The van der Waals surface area contributed by atoms with E-state index in [9.17, 15) is 9.59 Å². The molecule has 0 spiro atoms. The van der Waals surface area contributed by atoms with Gasteiger partial charge in [-0.3, -0.25) is 9.59 Å². The van der Waals surface area contributed by atoms with Crippen molar-refractivity contribution < 1.29 is 4.79 Å². The summed E-state index contributed by atoms with van der Waals surface area (Å²) in [5.74, 6) is 0.572. The van der Waals surface area contributed by atoms with Crippen molar-refractivity contribution in [2.45, 2.75) is 39.4 Å². The Balaban J connectivity index is 2.00. The number of hydrogen-bond acceptors (Lipinski definition) is 4. The predicted molar refractivity (Wildman–Crippen MR) is 77.7 cm³/mol. The lowest BCUT2D eigenvalue weighted by atomic mass is 10.2. The Morgan fingerprint density at radius 2 is 1.95 bits per heavy atom. The summed E-state index contributed by atoms with van der Waals surface area (Å²) in [5.41, 5.74) is -0.0786. The monoisotopic (exact) mass is 289 g/mol. The Hall–Kier alpha value is -2.44. The number of carbonyl (C=O) groups excluding carboxylic acids is 1. The third-order valence-corrected chi connectivity index (χ3v) is 3.11. The normalized spacial score (nSPS) is 12.4. The average molecular weight is 289 g/mol. The smallest absolute Gasteiger partial charge is 0.240 e. The highest BCUT2D eigenvalue weighted by Crippen LogP contribution is 2.13. The van der Waals surface area contributed by atoms with Gasteiger partial charge >= 0.3 is 0 Å². The van der Waals surface area contributed by atoms with Gasteiger partial charge in [-0.15, -0.1) is 10.2 Å². The molecule has 0 aliphatic heterocycles. The molecule has 0 bridgehead atoms. The van der Waals surface area contributed by atoms with Crippen molar-refractivity contribution >= 4 is 5.91 Å². The van der Waals surface area contributed by atoms with Crippen molar-refractivity contribution in [2.75, 3.05) is 0 Å². The van der Waals surface area contributed by atoms with Gasteiger partial charge in [-0.1, -0.05) is 0 Å². The number of rotatable bonds is 5. The molecule has 0 aromatic carbocycles. The van der Waals surface area contributed by atoms with E-state index < -0.39 is 0 Å². The Kier molecular flexibility index (Phi) is 4.52. The maximum atomic E-state index is 12.0. The fourth-order valence-corrected chi connectivity index (χ4v) is 2.03. The van der Waals surface area contributed by atoms with E-state index >= 15 is 0 Å². The fourth-order valence-electron chi connectivity index (χ4n) is 2.03. The first kappa shape index (κ1) is 15.0. The topological polar surface area (TPSA) is 81.8 Å². The van der Waals surface area contributed by atoms with E-state index in [0.29, 0.717) is 0 Å². The molecule has 0 unspecified atom stereocenters. The fraction of sp³-hybridized carbons (Fsp3) is 0.429. The van der Waals surface area contributed by atoms with E-state index in [2.05, 4.69) is 15.5 Å². The van der Waals surface area contributed by atoms with Crippen LogP contribution in [0, 0.1) is 0 Å². The van der Waals surface area contributed by atoms with Crippen LogP contribution in [0.4, 0.5) is 0 Å². The highest BCUT2D eigenvalue weighted by atomic mass is 16.2. The van der Waals surface area contributed by atoms with Crippen molar-refractivity contribution in [3.05, 3.63) is 46.9 Å². The van der Waals surface area contributed by atoms with Crippen LogP contribution in [-0.4, -0.2) is 25.2 Å². The van der Waals surface area contributed by atoms with Crippen molar-refractivity contribution in [3.8, 4) is 0 Å². The third-order valence-electron chi connectivity index (χ3n) is 3.11. The minimum absolute atomic E-state index is 0.0786. The van der Waals surface area contributed by atoms with Gasteiger partial charge in [0.15, 0.2) is 11.3 Å². The van der Waals surface area contributed by atoms with Crippen LogP contribution in [0.25, 0.3) is 0 Å². The highest BCUT2D eigenvalue weighted by Gasteiger charge is 2.16. The second-order valence-electron chi connectivity index (χ2n) is 5.19. The number of carbonyl (C=O) groups is 1. The number of hydrogen-bond donors (Lipinski definition) is 1. The molecule has 2 aromatic heterocycles. The summed E-state index contributed by atoms with van der Waals surface area (Å²) in [4.78, 5) is 23.0. The van der Waals surface area contributed by atoms with Gasteiger partial charge in [0, 0.05) is 30.6 Å². The van der Waals surface area contributed by atoms with Crippen LogP contribution >= 0.6 is 0 Å². The molecule has 1 amide bonds. The zero-order valence-electron chi connectivity index (χ0n) is 12.4. The molecule has 21 heavy (non-hydrogen) atoms. The van der Waals surface area contributed by atoms with Crippen LogP contribution in [-0.2, 0) is 11.3 Å². The minimum atomic E-state index is -0.234. The summed E-state index contributed by atoms with van der Waals surface area (Å²) in [6, 6.07) is 2.84. The molecule has 0 saturated carbocycles. The molecule has 1 N–H and O–H groups in total. The molecule has 2 aromatic rings. The van der Waals surface area contributed by atoms with Gasteiger partial charge in [0.1, 0.15) is 12.9 Å². The summed E-state index contributed by atoms with van der Waals surface area (Å²) < 4.78 is 3.57. The van der Waals surface area contributed by atoms with E-state index in [1.54, 1.807) is 23.3 Å². The van der Waals surface area contributed by atoms with E-state index in [1.807, 2.05) is 25.3 Å². The van der Waals surface area contributed by atoms with Crippen molar-refractivity contribution in [2.24, 2.45) is 0 Å². The molecule has 0 saturated heterocycles. The lowest BCUT2D eigenvalue weighted by molar-refractivity contribution is -0.122. The molecule has 1 atom stereocenters. The molecule has 2 rings (SSSR count). The minimum Gasteiger partial charge on any atom is -0.345 e. The predicted octanol–water partition coefficient (Wildman–Crippen LogP) is 0.898. The Labute approximate surface area is 122 Å². The van der Waals surface area contributed by atoms with Gasteiger partial charge in [0.25, 0.3) is 0 Å². The van der Waals surface area contributed by atoms with Crippen molar-refractivity contribution in [1.29, 1.82) is 0 Å². The number of aromatic nitrogens is 4. The van der Waals surface area contributed by atoms with Gasteiger partial charge in [-0.05, 0) is 20.8 Å². The van der Waals surface area contributed by atoms with Gasteiger partial charge in [-0.2, -0.15) is 0 Å². The lowest BCUT2D eigenvalue weighted by Crippen LogP contribution is -2.31.